The fraction of sp³-hybridized carbons (Fsp3) is 1.00. The van der Waals surface area contributed by atoms with Crippen molar-refractivity contribution in [3.63, 3.8) is 0 Å². The summed E-state index contributed by atoms with van der Waals surface area (Å²) in [5, 5.41) is 1.25. The Labute approximate surface area is 58.6 Å². The predicted octanol–water partition coefficient (Wildman–Crippen LogP) is 1.44. The Morgan fingerprint density at radius 2 is 1.62 bits per heavy atom. The molecule has 1 rings (SSSR count). The monoisotopic (exact) mass is 150 g/mol. The molecule has 0 aromatic carbocycles. The number of hydrogen-bond acceptors (Lipinski definition) is 3. The van der Waals surface area contributed by atoms with Crippen LogP contribution in [0.25, 0.3) is 0 Å². The Balaban J connectivity index is 2.00. The maximum absolute atomic E-state index is 5.23. The Morgan fingerprint density at radius 3 is 2.25 bits per heavy atom. The molecule has 1 heterocycles. The molecule has 0 atom stereocenters. The van der Waals surface area contributed by atoms with E-state index in [1.54, 1.807) is 0 Å². The van der Waals surface area contributed by atoms with Crippen molar-refractivity contribution in [2.75, 3.05) is 29.8 Å². The smallest absolute Gasteiger partial charge is 0.0557 e. The first-order valence-corrected chi connectivity index (χ1v) is 5.04. The standard InChI is InChI=1S/C5H10OS2/c1-3-7-5-8-4-2-6-1/h1-5H2. The van der Waals surface area contributed by atoms with Gasteiger partial charge in [0.15, 0.2) is 0 Å². The van der Waals surface area contributed by atoms with Crippen LogP contribution >= 0.6 is 23.5 Å². The second-order valence-corrected chi connectivity index (χ2v) is 4.12. The quantitative estimate of drug-likeness (QED) is 0.517. The van der Waals surface area contributed by atoms with E-state index in [2.05, 4.69) is 0 Å². The van der Waals surface area contributed by atoms with Crippen molar-refractivity contribution in [1.82, 2.24) is 0 Å². The van der Waals surface area contributed by atoms with E-state index >= 15 is 0 Å². The van der Waals surface area contributed by atoms with E-state index in [-0.39, 0.29) is 0 Å². The lowest BCUT2D eigenvalue weighted by Gasteiger charge is -2.07. The summed E-state index contributed by atoms with van der Waals surface area (Å²) in [6.07, 6.45) is 0. The van der Waals surface area contributed by atoms with Gasteiger partial charge in [0.2, 0.25) is 0 Å². The lowest BCUT2D eigenvalue weighted by atomic mass is 10.8. The number of thioether (sulfide) groups is 2. The second-order valence-electron chi connectivity index (χ2n) is 1.55. The van der Waals surface area contributed by atoms with Gasteiger partial charge in [-0.15, -0.1) is 23.5 Å². The van der Waals surface area contributed by atoms with E-state index in [9.17, 15) is 0 Å². The second kappa shape index (κ2) is 4.53. The van der Waals surface area contributed by atoms with E-state index in [4.69, 9.17) is 4.74 Å². The van der Waals surface area contributed by atoms with Crippen LogP contribution < -0.4 is 0 Å². The van der Waals surface area contributed by atoms with E-state index < -0.39 is 0 Å². The van der Waals surface area contributed by atoms with Crippen LogP contribution in [0.5, 0.6) is 0 Å². The van der Waals surface area contributed by atoms with Gasteiger partial charge in [0.25, 0.3) is 0 Å². The van der Waals surface area contributed by atoms with Crippen LogP contribution in [-0.2, 0) is 4.74 Å². The van der Waals surface area contributed by atoms with Crippen molar-refractivity contribution in [1.29, 1.82) is 0 Å². The van der Waals surface area contributed by atoms with Gasteiger partial charge in [0.05, 0.1) is 13.2 Å². The highest BCUT2D eigenvalue weighted by atomic mass is 32.2. The molecule has 48 valence electrons. The summed E-state index contributed by atoms with van der Waals surface area (Å²) in [5.41, 5.74) is 0. The molecule has 0 saturated carbocycles. The summed E-state index contributed by atoms with van der Waals surface area (Å²) >= 11 is 3.93. The molecular weight excluding hydrogens is 140 g/mol. The molecule has 1 nitrogen and oxygen atoms in total. The maximum atomic E-state index is 5.23. The van der Waals surface area contributed by atoms with Crippen LogP contribution in [0.2, 0.25) is 0 Å². The van der Waals surface area contributed by atoms with Crippen LogP contribution in [0.1, 0.15) is 0 Å². The molecule has 1 saturated heterocycles. The van der Waals surface area contributed by atoms with Crippen molar-refractivity contribution >= 4 is 23.5 Å². The highest BCUT2D eigenvalue weighted by Crippen LogP contribution is 2.13. The largest absolute Gasteiger partial charge is 0.380 e. The SMILES string of the molecule is C1CSCSCCO1. The van der Waals surface area contributed by atoms with Crippen molar-refractivity contribution in [3.05, 3.63) is 0 Å². The molecule has 0 unspecified atom stereocenters. The van der Waals surface area contributed by atoms with Gasteiger partial charge < -0.3 is 4.74 Å². The third kappa shape index (κ3) is 2.84. The first-order chi connectivity index (χ1) is 4.00. The van der Waals surface area contributed by atoms with Crippen molar-refractivity contribution in [2.24, 2.45) is 0 Å². The topological polar surface area (TPSA) is 9.23 Å². The first kappa shape index (κ1) is 6.78. The van der Waals surface area contributed by atoms with Crippen LogP contribution in [-0.4, -0.2) is 29.8 Å². The zero-order valence-electron chi connectivity index (χ0n) is 4.76. The third-order valence-electron chi connectivity index (χ3n) is 0.911. The lowest BCUT2D eigenvalue weighted by Crippen LogP contribution is -2.04. The Hall–Kier alpha value is 0.660. The minimum absolute atomic E-state index is 0.950. The molecule has 0 bridgehead atoms. The Bertz CT molecular complexity index is 34.4. The molecule has 3 heteroatoms. The highest BCUT2D eigenvalue weighted by molar-refractivity contribution is 8.16. The Kier molecular flexibility index (Phi) is 3.84. The first-order valence-electron chi connectivity index (χ1n) is 2.73. The molecule has 0 spiro atoms. The van der Waals surface area contributed by atoms with Gasteiger partial charge in [-0.1, -0.05) is 0 Å². The lowest BCUT2D eigenvalue weighted by molar-refractivity contribution is 0.167. The average Bonchev–Trinajstić information content (AvgIpc) is 1.62. The fourth-order valence-corrected chi connectivity index (χ4v) is 2.40. The van der Waals surface area contributed by atoms with Gasteiger partial charge in [0, 0.05) is 16.6 Å². The molecule has 0 aliphatic carbocycles. The normalized spacial score (nSPS) is 24.0. The molecular formula is C5H10OS2. The van der Waals surface area contributed by atoms with Gasteiger partial charge in [-0.2, -0.15) is 0 Å². The Morgan fingerprint density at radius 1 is 1.00 bits per heavy atom. The van der Waals surface area contributed by atoms with Gasteiger partial charge in [0.1, 0.15) is 0 Å². The highest BCUT2D eigenvalue weighted by Gasteiger charge is 1.95. The zero-order chi connectivity index (χ0) is 5.66. The van der Waals surface area contributed by atoms with E-state index in [0.717, 1.165) is 13.2 Å². The van der Waals surface area contributed by atoms with Gasteiger partial charge >= 0.3 is 0 Å². The van der Waals surface area contributed by atoms with Gasteiger partial charge in [-0.05, 0) is 0 Å². The number of hydrogen-bond donors (Lipinski definition) is 0. The third-order valence-corrected chi connectivity index (χ3v) is 3.15. The minimum Gasteiger partial charge on any atom is -0.380 e. The summed E-state index contributed by atoms with van der Waals surface area (Å²) in [7, 11) is 0. The van der Waals surface area contributed by atoms with E-state index in [0.29, 0.717) is 0 Å². The summed E-state index contributed by atoms with van der Waals surface area (Å²) in [6, 6.07) is 0. The van der Waals surface area contributed by atoms with Gasteiger partial charge in [-0.3, -0.25) is 0 Å². The molecule has 0 aromatic rings. The van der Waals surface area contributed by atoms with Crippen LogP contribution in [0, 0.1) is 0 Å². The van der Waals surface area contributed by atoms with Crippen LogP contribution in [0.3, 0.4) is 0 Å². The van der Waals surface area contributed by atoms with Crippen molar-refractivity contribution < 1.29 is 4.74 Å². The summed E-state index contributed by atoms with van der Waals surface area (Å²) in [5.74, 6) is 2.35. The molecule has 0 amide bonds. The maximum Gasteiger partial charge on any atom is 0.0557 e. The fourth-order valence-electron chi connectivity index (χ4n) is 0.515. The minimum atomic E-state index is 0.950. The molecule has 0 radical (unpaired) electrons. The predicted molar refractivity (Wildman–Crippen MR) is 40.6 cm³/mol. The summed E-state index contributed by atoms with van der Waals surface area (Å²) in [4.78, 5) is 0. The molecule has 1 aliphatic heterocycles. The summed E-state index contributed by atoms with van der Waals surface area (Å²) < 4.78 is 5.23. The van der Waals surface area contributed by atoms with Crippen molar-refractivity contribution in [2.45, 2.75) is 0 Å². The zero-order valence-corrected chi connectivity index (χ0v) is 6.39. The molecule has 1 fully saturated rings. The molecule has 1 aliphatic rings. The molecule has 0 N–H and O–H groups in total. The molecule has 0 aromatic heterocycles. The number of rotatable bonds is 0. The number of ether oxygens (including phenoxy) is 1. The van der Waals surface area contributed by atoms with Crippen molar-refractivity contribution in [3.8, 4) is 0 Å². The van der Waals surface area contributed by atoms with E-state index in [1.165, 1.54) is 16.6 Å². The molecule has 8 heavy (non-hydrogen) atoms. The van der Waals surface area contributed by atoms with Gasteiger partial charge in [-0.25, -0.2) is 0 Å². The van der Waals surface area contributed by atoms with Crippen LogP contribution in [0.4, 0.5) is 0 Å². The summed E-state index contributed by atoms with van der Waals surface area (Å²) in [6.45, 7) is 1.90. The van der Waals surface area contributed by atoms with E-state index in [1.807, 2.05) is 23.5 Å². The average molecular weight is 150 g/mol. The van der Waals surface area contributed by atoms with Crippen LogP contribution in [0.15, 0.2) is 0 Å².